The Morgan fingerprint density at radius 3 is 1.58 bits per heavy atom. The van der Waals surface area contributed by atoms with E-state index in [1.807, 2.05) is 12.4 Å². The minimum absolute atomic E-state index is 1.04. The van der Waals surface area contributed by atoms with Crippen LogP contribution in [0.1, 0.15) is 0 Å². The normalized spacial score (nSPS) is 11.9. The number of pyridine rings is 1. The quantitative estimate of drug-likeness (QED) is 0.154. The standard InChI is InChI=1S/C55H39N5/c1-5-16-40(17-6-1)41-28-31-47(32-29-41)57(48-34-36-56-37-35-48)49-25-15-18-42(38-49)43-30-33-52-53(39-43)60(46-23-11-4-12-24-46)55-54(58(52)44-19-7-2-8-20-44)50-26-13-14-27-51(50)59(55)45-21-9-3-10-22-45/h1-39H. The third-order valence-corrected chi connectivity index (χ3v) is 11.4. The molecule has 0 amide bonds. The minimum atomic E-state index is 1.04. The van der Waals surface area contributed by atoms with Crippen LogP contribution < -0.4 is 14.7 Å². The van der Waals surface area contributed by atoms with Gasteiger partial charge in [0, 0.05) is 51.9 Å². The molecular formula is C55H39N5. The molecule has 5 heteroatoms. The van der Waals surface area contributed by atoms with Gasteiger partial charge in [-0.15, -0.1) is 0 Å². The van der Waals surface area contributed by atoms with Crippen LogP contribution in [-0.2, 0) is 0 Å². The van der Waals surface area contributed by atoms with Gasteiger partial charge < -0.3 is 9.80 Å². The lowest BCUT2D eigenvalue weighted by molar-refractivity contribution is 1.05. The number of hydrogen-bond donors (Lipinski definition) is 0. The summed E-state index contributed by atoms with van der Waals surface area (Å²) in [5.74, 6) is 1.08. The van der Waals surface area contributed by atoms with Gasteiger partial charge in [-0.2, -0.15) is 0 Å². The number of para-hydroxylation sites is 4. The van der Waals surface area contributed by atoms with Crippen molar-refractivity contribution in [3.63, 3.8) is 0 Å². The second kappa shape index (κ2) is 15.0. The lowest BCUT2D eigenvalue weighted by atomic mass is 9.99. The molecular weight excluding hydrogens is 731 g/mol. The van der Waals surface area contributed by atoms with Crippen LogP contribution in [0.2, 0.25) is 0 Å². The first kappa shape index (κ1) is 35.0. The maximum Gasteiger partial charge on any atom is 0.148 e. The molecule has 0 N–H and O–H groups in total. The Balaban J connectivity index is 1.11. The molecule has 11 rings (SSSR count). The molecule has 1 aliphatic heterocycles. The van der Waals surface area contributed by atoms with Crippen LogP contribution in [0.3, 0.4) is 0 Å². The highest BCUT2D eigenvalue weighted by molar-refractivity contribution is 6.13. The van der Waals surface area contributed by atoms with E-state index in [1.54, 1.807) is 0 Å². The summed E-state index contributed by atoms with van der Waals surface area (Å²) < 4.78 is 2.42. The van der Waals surface area contributed by atoms with Crippen molar-refractivity contribution in [1.29, 1.82) is 0 Å². The number of rotatable bonds is 8. The van der Waals surface area contributed by atoms with Crippen molar-refractivity contribution in [3.8, 4) is 27.9 Å². The zero-order chi connectivity index (χ0) is 39.8. The maximum absolute atomic E-state index is 4.35. The third-order valence-electron chi connectivity index (χ3n) is 11.4. The average Bonchev–Trinajstić information content (AvgIpc) is 3.67. The van der Waals surface area contributed by atoms with Crippen LogP contribution >= 0.6 is 0 Å². The molecule has 0 bridgehead atoms. The van der Waals surface area contributed by atoms with E-state index < -0.39 is 0 Å². The molecule has 0 atom stereocenters. The van der Waals surface area contributed by atoms with Crippen LogP contribution in [-0.4, -0.2) is 9.55 Å². The SMILES string of the molecule is c1ccc(-c2ccc(N(c3ccncc3)c3cccc(-c4ccc5c(c4)N(c4ccccc4)c4c(c6ccccc6n4-c4ccccc4)N5c4ccccc4)c3)cc2)cc1. The first-order valence-electron chi connectivity index (χ1n) is 20.3. The number of benzene rings is 8. The van der Waals surface area contributed by atoms with E-state index in [9.17, 15) is 0 Å². The lowest BCUT2D eigenvalue weighted by Gasteiger charge is -2.40. The molecule has 0 aliphatic carbocycles. The summed E-state index contributed by atoms with van der Waals surface area (Å²) in [6.07, 6.45) is 3.71. The minimum Gasteiger partial charge on any atom is -0.310 e. The van der Waals surface area contributed by atoms with Crippen molar-refractivity contribution in [2.45, 2.75) is 0 Å². The summed E-state index contributed by atoms with van der Waals surface area (Å²) in [4.78, 5) is 11.5. The molecule has 10 aromatic rings. The Kier molecular flexibility index (Phi) is 8.75. The van der Waals surface area contributed by atoms with Gasteiger partial charge in [-0.05, 0) is 113 Å². The number of aromatic nitrogens is 2. The van der Waals surface area contributed by atoms with Crippen LogP contribution in [0.4, 0.5) is 51.3 Å². The fourth-order valence-electron chi connectivity index (χ4n) is 8.66. The monoisotopic (exact) mass is 769 g/mol. The van der Waals surface area contributed by atoms with Gasteiger partial charge in [0.05, 0.1) is 22.6 Å². The van der Waals surface area contributed by atoms with Crippen molar-refractivity contribution >= 4 is 62.2 Å². The Bertz CT molecular complexity index is 3080. The average molecular weight is 770 g/mol. The first-order chi connectivity index (χ1) is 29.8. The van der Waals surface area contributed by atoms with Crippen LogP contribution in [0.15, 0.2) is 237 Å². The van der Waals surface area contributed by atoms with E-state index in [2.05, 4.69) is 249 Å². The smallest absolute Gasteiger partial charge is 0.148 e. The summed E-state index contributed by atoms with van der Waals surface area (Å²) in [5, 5.41) is 1.18. The topological polar surface area (TPSA) is 27.5 Å². The summed E-state index contributed by atoms with van der Waals surface area (Å²) in [5.41, 5.74) is 15.5. The van der Waals surface area contributed by atoms with Crippen molar-refractivity contribution in [2.24, 2.45) is 0 Å². The number of hydrogen-bond acceptors (Lipinski definition) is 4. The maximum atomic E-state index is 4.35. The summed E-state index contributed by atoms with van der Waals surface area (Å²) in [7, 11) is 0. The molecule has 0 saturated heterocycles. The predicted octanol–water partition coefficient (Wildman–Crippen LogP) is 15.1. The summed E-state index contributed by atoms with van der Waals surface area (Å²) in [6, 6.07) is 80.2. The number of anilines is 9. The fourth-order valence-corrected chi connectivity index (χ4v) is 8.66. The van der Waals surface area contributed by atoms with Crippen molar-refractivity contribution in [2.75, 3.05) is 14.7 Å². The number of nitrogens with zero attached hydrogens (tertiary/aromatic N) is 5. The second-order valence-electron chi connectivity index (χ2n) is 14.9. The van der Waals surface area contributed by atoms with Gasteiger partial charge in [0.2, 0.25) is 0 Å². The van der Waals surface area contributed by atoms with Gasteiger partial charge in [-0.25, -0.2) is 0 Å². The Morgan fingerprint density at radius 2 is 0.883 bits per heavy atom. The molecule has 60 heavy (non-hydrogen) atoms. The van der Waals surface area contributed by atoms with Gasteiger partial charge in [0.1, 0.15) is 5.82 Å². The Labute approximate surface area is 349 Å². The molecule has 1 aliphatic rings. The van der Waals surface area contributed by atoms with E-state index in [1.165, 1.54) is 16.5 Å². The lowest BCUT2D eigenvalue weighted by Crippen LogP contribution is -2.25. The number of fused-ring (bicyclic) bond motifs is 4. The summed E-state index contributed by atoms with van der Waals surface area (Å²) >= 11 is 0. The second-order valence-corrected chi connectivity index (χ2v) is 14.9. The van der Waals surface area contributed by atoms with Gasteiger partial charge in [0.25, 0.3) is 0 Å². The molecule has 0 radical (unpaired) electrons. The largest absolute Gasteiger partial charge is 0.310 e. The zero-order valence-electron chi connectivity index (χ0n) is 32.8. The van der Waals surface area contributed by atoms with E-state index in [0.717, 1.165) is 73.6 Å². The molecule has 0 saturated carbocycles. The predicted molar refractivity (Wildman–Crippen MR) is 250 cm³/mol. The Morgan fingerprint density at radius 1 is 0.350 bits per heavy atom. The van der Waals surface area contributed by atoms with Crippen molar-refractivity contribution < 1.29 is 0 Å². The van der Waals surface area contributed by atoms with E-state index in [4.69, 9.17) is 0 Å². The van der Waals surface area contributed by atoms with E-state index in [-0.39, 0.29) is 0 Å². The molecule has 2 aromatic heterocycles. The van der Waals surface area contributed by atoms with Crippen LogP contribution in [0.25, 0.3) is 38.8 Å². The summed E-state index contributed by atoms with van der Waals surface area (Å²) in [6.45, 7) is 0. The Hall–Kier alpha value is -8.15. The van der Waals surface area contributed by atoms with Gasteiger partial charge in [-0.3, -0.25) is 14.5 Å². The van der Waals surface area contributed by atoms with E-state index >= 15 is 0 Å². The fraction of sp³-hybridized carbons (Fsp3) is 0. The van der Waals surface area contributed by atoms with Crippen LogP contribution in [0.5, 0.6) is 0 Å². The van der Waals surface area contributed by atoms with Gasteiger partial charge in [-0.1, -0.05) is 133 Å². The highest BCUT2D eigenvalue weighted by atomic mass is 15.3. The van der Waals surface area contributed by atoms with Crippen LogP contribution in [0, 0.1) is 0 Å². The molecule has 3 heterocycles. The van der Waals surface area contributed by atoms with Gasteiger partial charge in [0.15, 0.2) is 0 Å². The third kappa shape index (κ3) is 6.08. The first-order valence-corrected chi connectivity index (χ1v) is 20.3. The highest BCUT2D eigenvalue weighted by Gasteiger charge is 2.36. The highest BCUT2D eigenvalue weighted by Crippen LogP contribution is 2.59. The molecule has 0 unspecified atom stereocenters. The zero-order valence-corrected chi connectivity index (χ0v) is 32.8. The molecule has 284 valence electrons. The van der Waals surface area contributed by atoms with Gasteiger partial charge >= 0.3 is 0 Å². The molecule has 5 nitrogen and oxygen atoms in total. The molecule has 8 aromatic carbocycles. The van der Waals surface area contributed by atoms with E-state index in [0.29, 0.717) is 0 Å². The van der Waals surface area contributed by atoms with Crippen molar-refractivity contribution in [1.82, 2.24) is 9.55 Å². The molecule has 0 fully saturated rings. The van der Waals surface area contributed by atoms with Crippen molar-refractivity contribution in [3.05, 3.63) is 237 Å². The molecule has 0 spiro atoms.